The molecule has 0 spiro atoms. The molecule has 1 aliphatic rings. The molecule has 1 aliphatic heterocycles. The minimum Gasteiger partial charge on any atom is -0.315 e. The Bertz CT molecular complexity index is 540. The number of nitrogens with one attached hydrogen (secondary N) is 1. The van der Waals surface area contributed by atoms with E-state index >= 15 is 0 Å². The van der Waals surface area contributed by atoms with Crippen LogP contribution in [0.15, 0.2) is 36.4 Å². The second kappa shape index (κ2) is 4.69. The molecule has 2 heterocycles. The van der Waals surface area contributed by atoms with Gasteiger partial charge in [-0.1, -0.05) is 41.4 Å². The molecule has 0 saturated carbocycles. The van der Waals surface area contributed by atoms with Crippen molar-refractivity contribution in [2.45, 2.75) is 18.8 Å². The molecule has 1 nitrogen and oxygen atoms in total. The van der Waals surface area contributed by atoms with Gasteiger partial charge in [0.25, 0.3) is 0 Å². The first-order valence-corrected chi connectivity index (χ1v) is 7.40. The molecule has 1 saturated heterocycles. The van der Waals surface area contributed by atoms with Gasteiger partial charge in [-0.3, -0.25) is 0 Å². The second-order valence-electron chi connectivity index (χ2n) is 5.13. The van der Waals surface area contributed by atoms with E-state index in [9.17, 15) is 0 Å². The maximum absolute atomic E-state index is 6.02. The molecule has 3 rings (SSSR count). The molecule has 1 fully saturated rings. The summed E-state index contributed by atoms with van der Waals surface area (Å²) >= 11 is 7.72. The van der Waals surface area contributed by atoms with Crippen molar-refractivity contribution in [2.24, 2.45) is 0 Å². The molecule has 3 heteroatoms. The van der Waals surface area contributed by atoms with Gasteiger partial charge < -0.3 is 5.32 Å². The van der Waals surface area contributed by atoms with Crippen LogP contribution in [-0.2, 0) is 11.8 Å². The van der Waals surface area contributed by atoms with Crippen LogP contribution < -0.4 is 5.32 Å². The normalized spacial score (nSPS) is 17.4. The maximum atomic E-state index is 6.02. The molecule has 0 unspecified atom stereocenters. The van der Waals surface area contributed by atoms with Crippen molar-refractivity contribution in [3.05, 3.63) is 56.7 Å². The minimum absolute atomic E-state index is 0.266. The Kier molecular flexibility index (Phi) is 3.18. The van der Waals surface area contributed by atoms with Crippen molar-refractivity contribution in [2.75, 3.05) is 13.1 Å². The van der Waals surface area contributed by atoms with Crippen LogP contribution >= 0.6 is 22.9 Å². The lowest BCUT2D eigenvalue weighted by Gasteiger charge is -2.43. The molecular formula is C15H16ClNS. The highest BCUT2D eigenvalue weighted by atomic mass is 35.5. The average Bonchev–Trinajstić information content (AvgIpc) is 2.71. The molecule has 0 aliphatic carbocycles. The highest BCUT2D eigenvalue weighted by Gasteiger charge is 2.38. The van der Waals surface area contributed by atoms with Crippen LogP contribution in [0.25, 0.3) is 0 Å². The molecule has 0 amide bonds. The van der Waals surface area contributed by atoms with E-state index in [1.807, 2.05) is 6.07 Å². The lowest BCUT2D eigenvalue weighted by Crippen LogP contribution is -2.58. The molecule has 0 bridgehead atoms. The Balaban J connectivity index is 1.88. The van der Waals surface area contributed by atoms with Gasteiger partial charge in [0.05, 0.1) is 4.34 Å². The Morgan fingerprint density at radius 1 is 1.17 bits per heavy atom. The molecule has 1 N–H and O–H groups in total. The van der Waals surface area contributed by atoms with Gasteiger partial charge in [0.1, 0.15) is 0 Å². The Labute approximate surface area is 117 Å². The second-order valence-corrected chi connectivity index (χ2v) is 6.93. The maximum Gasteiger partial charge on any atom is 0.0931 e. The van der Waals surface area contributed by atoms with Crippen LogP contribution in [0, 0.1) is 6.92 Å². The van der Waals surface area contributed by atoms with Crippen molar-refractivity contribution >= 4 is 22.9 Å². The van der Waals surface area contributed by atoms with Gasteiger partial charge in [0.15, 0.2) is 0 Å². The van der Waals surface area contributed by atoms with Gasteiger partial charge in [-0.25, -0.2) is 0 Å². The molecule has 1 aromatic carbocycles. The number of halogens is 1. The SMILES string of the molecule is Cc1ccc(C2(Cc3ccc(Cl)s3)CNC2)cc1. The molecule has 0 atom stereocenters. The first-order chi connectivity index (χ1) is 8.68. The monoisotopic (exact) mass is 277 g/mol. The Morgan fingerprint density at radius 3 is 2.39 bits per heavy atom. The van der Waals surface area contributed by atoms with E-state index in [0.29, 0.717) is 0 Å². The van der Waals surface area contributed by atoms with Crippen molar-refractivity contribution in [3.8, 4) is 0 Å². The first kappa shape index (κ1) is 12.2. The largest absolute Gasteiger partial charge is 0.315 e. The molecule has 2 aromatic rings. The topological polar surface area (TPSA) is 12.0 Å². The van der Waals surface area contributed by atoms with Gasteiger partial charge in [0, 0.05) is 23.4 Å². The molecular weight excluding hydrogens is 262 g/mol. The third-order valence-corrected chi connectivity index (χ3v) is 4.96. The van der Waals surface area contributed by atoms with Gasteiger partial charge >= 0.3 is 0 Å². The van der Waals surface area contributed by atoms with Crippen molar-refractivity contribution in [1.82, 2.24) is 5.32 Å². The summed E-state index contributed by atoms with van der Waals surface area (Å²) in [5, 5.41) is 3.41. The zero-order chi connectivity index (χ0) is 12.6. The van der Waals surface area contributed by atoms with E-state index in [2.05, 4.69) is 42.6 Å². The van der Waals surface area contributed by atoms with Crippen LogP contribution in [0.1, 0.15) is 16.0 Å². The van der Waals surface area contributed by atoms with Crippen LogP contribution in [0.3, 0.4) is 0 Å². The summed E-state index contributed by atoms with van der Waals surface area (Å²) in [6.07, 6.45) is 1.08. The van der Waals surface area contributed by atoms with Gasteiger partial charge in [0.2, 0.25) is 0 Å². The van der Waals surface area contributed by atoms with E-state index < -0.39 is 0 Å². The third-order valence-electron chi connectivity index (χ3n) is 3.73. The number of benzene rings is 1. The highest BCUT2D eigenvalue weighted by molar-refractivity contribution is 7.16. The number of thiophene rings is 1. The predicted molar refractivity (Wildman–Crippen MR) is 78.8 cm³/mol. The standard InChI is InChI=1S/C15H16ClNS/c1-11-2-4-12(5-3-11)15(9-17-10-15)8-13-6-7-14(16)18-13/h2-7,17H,8-10H2,1H3. The number of aryl methyl sites for hydroxylation is 1. The minimum atomic E-state index is 0.266. The number of rotatable bonds is 3. The van der Waals surface area contributed by atoms with Crippen molar-refractivity contribution in [3.63, 3.8) is 0 Å². The quantitative estimate of drug-likeness (QED) is 0.900. The van der Waals surface area contributed by atoms with Crippen LogP contribution in [0.5, 0.6) is 0 Å². The highest BCUT2D eigenvalue weighted by Crippen LogP contribution is 2.35. The summed E-state index contributed by atoms with van der Waals surface area (Å²) in [6.45, 7) is 4.26. The Hall–Kier alpha value is -0.830. The lowest BCUT2D eigenvalue weighted by molar-refractivity contribution is 0.276. The summed E-state index contributed by atoms with van der Waals surface area (Å²) in [5.41, 5.74) is 3.03. The smallest absolute Gasteiger partial charge is 0.0931 e. The Morgan fingerprint density at radius 2 is 1.89 bits per heavy atom. The summed E-state index contributed by atoms with van der Waals surface area (Å²) in [7, 11) is 0. The average molecular weight is 278 g/mol. The number of hydrogen-bond donors (Lipinski definition) is 1. The first-order valence-electron chi connectivity index (χ1n) is 6.20. The van der Waals surface area contributed by atoms with Crippen molar-refractivity contribution in [1.29, 1.82) is 0 Å². The zero-order valence-electron chi connectivity index (χ0n) is 10.4. The van der Waals surface area contributed by atoms with Gasteiger partial charge in [-0.15, -0.1) is 11.3 Å². The summed E-state index contributed by atoms with van der Waals surface area (Å²) in [6, 6.07) is 13.1. The molecule has 94 valence electrons. The van der Waals surface area contributed by atoms with Crippen LogP contribution in [0.4, 0.5) is 0 Å². The number of hydrogen-bond acceptors (Lipinski definition) is 2. The van der Waals surface area contributed by atoms with E-state index in [1.165, 1.54) is 16.0 Å². The van der Waals surface area contributed by atoms with E-state index in [-0.39, 0.29) is 5.41 Å². The fraction of sp³-hybridized carbons (Fsp3) is 0.333. The van der Waals surface area contributed by atoms with E-state index in [4.69, 9.17) is 11.6 Å². The predicted octanol–water partition coefficient (Wildman–Crippen LogP) is 3.79. The van der Waals surface area contributed by atoms with E-state index in [0.717, 1.165) is 23.8 Å². The van der Waals surface area contributed by atoms with Crippen LogP contribution in [0.2, 0.25) is 4.34 Å². The molecule has 1 aromatic heterocycles. The molecule has 18 heavy (non-hydrogen) atoms. The third kappa shape index (κ3) is 2.20. The van der Waals surface area contributed by atoms with Crippen molar-refractivity contribution < 1.29 is 0 Å². The zero-order valence-corrected chi connectivity index (χ0v) is 11.9. The fourth-order valence-corrected chi connectivity index (χ4v) is 3.78. The lowest BCUT2D eigenvalue weighted by atomic mass is 9.72. The summed E-state index contributed by atoms with van der Waals surface area (Å²) in [4.78, 5) is 1.38. The molecule has 0 radical (unpaired) electrons. The van der Waals surface area contributed by atoms with E-state index in [1.54, 1.807) is 11.3 Å². The fourth-order valence-electron chi connectivity index (χ4n) is 2.55. The summed E-state index contributed by atoms with van der Waals surface area (Å²) in [5.74, 6) is 0. The van der Waals surface area contributed by atoms with Gasteiger partial charge in [-0.2, -0.15) is 0 Å². The summed E-state index contributed by atoms with van der Waals surface area (Å²) < 4.78 is 0.885. The van der Waals surface area contributed by atoms with Crippen LogP contribution in [-0.4, -0.2) is 13.1 Å². The van der Waals surface area contributed by atoms with Gasteiger partial charge in [-0.05, 0) is 31.0 Å².